The zero-order chi connectivity index (χ0) is 11.8. The molecule has 88 valence electrons. The van der Waals surface area contributed by atoms with E-state index in [0.717, 1.165) is 5.56 Å². The molecule has 1 fully saturated rings. The molecule has 1 nitrogen and oxygen atoms in total. The standard InChI is InChI=1S/C12H14F3N/c1-16-7-6-12(14,15)8-11(16)9-2-4-10(13)5-3-9/h2-5,11H,6-8H2,1H3/t11-/m1/s1. The number of hydrogen-bond donors (Lipinski definition) is 0. The van der Waals surface area contributed by atoms with Crippen molar-refractivity contribution in [2.45, 2.75) is 24.8 Å². The van der Waals surface area contributed by atoms with Crippen LogP contribution in [-0.2, 0) is 0 Å². The van der Waals surface area contributed by atoms with E-state index < -0.39 is 5.92 Å². The monoisotopic (exact) mass is 229 g/mol. The molecular formula is C12H14F3N. The minimum atomic E-state index is -2.61. The molecular weight excluding hydrogens is 215 g/mol. The number of nitrogens with zero attached hydrogens (tertiary/aromatic N) is 1. The molecule has 0 bridgehead atoms. The lowest BCUT2D eigenvalue weighted by atomic mass is 9.93. The first kappa shape index (κ1) is 11.5. The van der Waals surface area contributed by atoms with Crippen LogP contribution in [0.3, 0.4) is 0 Å². The molecule has 0 N–H and O–H groups in total. The summed E-state index contributed by atoms with van der Waals surface area (Å²) in [5.74, 6) is -2.94. The highest BCUT2D eigenvalue weighted by Gasteiger charge is 2.39. The fourth-order valence-electron chi connectivity index (χ4n) is 2.09. The smallest absolute Gasteiger partial charge is 0.251 e. The Morgan fingerprint density at radius 2 is 1.88 bits per heavy atom. The Labute approximate surface area is 92.9 Å². The van der Waals surface area contributed by atoms with E-state index in [1.165, 1.54) is 12.1 Å². The van der Waals surface area contributed by atoms with E-state index in [1.807, 2.05) is 11.9 Å². The molecule has 1 aromatic carbocycles. The molecule has 0 saturated carbocycles. The summed E-state index contributed by atoms with van der Waals surface area (Å²) in [5, 5.41) is 0. The lowest BCUT2D eigenvalue weighted by molar-refractivity contribution is -0.0732. The lowest BCUT2D eigenvalue weighted by Gasteiger charge is -2.37. The summed E-state index contributed by atoms with van der Waals surface area (Å²) in [6.07, 6.45) is -0.281. The molecule has 0 unspecified atom stereocenters. The first-order chi connectivity index (χ1) is 7.48. The molecule has 16 heavy (non-hydrogen) atoms. The van der Waals surface area contributed by atoms with Gasteiger partial charge in [0.25, 0.3) is 5.92 Å². The maximum absolute atomic E-state index is 13.3. The highest BCUT2D eigenvalue weighted by molar-refractivity contribution is 5.21. The molecule has 1 aromatic rings. The second-order valence-electron chi connectivity index (χ2n) is 4.36. The maximum atomic E-state index is 13.3. The predicted molar refractivity (Wildman–Crippen MR) is 56.0 cm³/mol. The average molecular weight is 229 g/mol. The number of halogens is 3. The number of benzene rings is 1. The summed E-state index contributed by atoms with van der Waals surface area (Å²) in [6.45, 7) is 0.370. The van der Waals surface area contributed by atoms with Gasteiger partial charge in [-0.2, -0.15) is 0 Å². The zero-order valence-corrected chi connectivity index (χ0v) is 9.09. The van der Waals surface area contributed by atoms with E-state index in [1.54, 1.807) is 12.1 Å². The van der Waals surface area contributed by atoms with Crippen LogP contribution in [0.4, 0.5) is 13.2 Å². The molecule has 0 spiro atoms. The molecule has 4 heteroatoms. The van der Waals surface area contributed by atoms with Gasteiger partial charge in [0.1, 0.15) is 5.82 Å². The van der Waals surface area contributed by atoms with E-state index in [9.17, 15) is 13.2 Å². The molecule has 1 aliphatic heterocycles. The lowest BCUT2D eigenvalue weighted by Crippen LogP contribution is -2.39. The van der Waals surface area contributed by atoms with Gasteiger partial charge in [0.15, 0.2) is 0 Å². The third-order valence-electron chi connectivity index (χ3n) is 3.11. The topological polar surface area (TPSA) is 3.24 Å². The summed E-state index contributed by atoms with van der Waals surface area (Å²) in [5.41, 5.74) is 0.753. The fourth-order valence-corrected chi connectivity index (χ4v) is 2.09. The molecule has 0 radical (unpaired) electrons. The van der Waals surface area contributed by atoms with Crippen LogP contribution in [0.25, 0.3) is 0 Å². The van der Waals surface area contributed by atoms with Crippen LogP contribution in [0.5, 0.6) is 0 Å². The number of piperidine rings is 1. The summed E-state index contributed by atoms with van der Waals surface area (Å²) < 4.78 is 39.3. The Balaban J connectivity index is 2.21. The Bertz CT molecular complexity index is 361. The Morgan fingerprint density at radius 1 is 1.25 bits per heavy atom. The number of rotatable bonds is 1. The Morgan fingerprint density at radius 3 is 2.50 bits per heavy atom. The van der Waals surface area contributed by atoms with Gasteiger partial charge in [-0.05, 0) is 24.7 Å². The van der Waals surface area contributed by atoms with Gasteiger partial charge >= 0.3 is 0 Å². The van der Waals surface area contributed by atoms with Crippen LogP contribution in [0.1, 0.15) is 24.4 Å². The first-order valence-corrected chi connectivity index (χ1v) is 5.31. The maximum Gasteiger partial charge on any atom is 0.251 e. The first-order valence-electron chi connectivity index (χ1n) is 5.31. The van der Waals surface area contributed by atoms with Crippen molar-refractivity contribution < 1.29 is 13.2 Å². The largest absolute Gasteiger partial charge is 0.299 e. The van der Waals surface area contributed by atoms with Gasteiger partial charge in [-0.15, -0.1) is 0 Å². The highest BCUT2D eigenvalue weighted by atomic mass is 19.3. The number of likely N-dealkylation sites (tertiary alicyclic amines) is 1. The van der Waals surface area contributed by atoms with Crippen LogP contribution in [0, 0.1) is 5.82 Å². The van der Waals surface area contributed by atoms with Gasteiger partial charge in [-0.1, -0.05) is 12.1 Å². The Hall–Kier alpha value is -1.03. The van der Waals surface area contributed by atoms with Crippen LogP contribution in [-0.4, -0.2) is 24.4 Å². The van der Waals surface area contributed by atoms with Gasteiger partial charge in [0.05, 0.1) is 0 Å². The Kier molecular flexibility index (Phi) is 2.93. The van der Waals surface area contributed by atoms with Crippen molar-refractivity contribution in [3.05, 3.63) is 35.6 Å². The third-order valence-corrected chi connectivity index (χ3v) is 3.11. The highest BCUT2D eigenvalue weighted by Crippen LogP contribution is 2.38. The molecule has 0 aromatic heterocycles. The van der Waals surface area contributed by atoms with E-state index in [0.29, 0.717) is 6.54 Å². The fraction of sp³-hybridized carbons (Fsp3) is 0.500. The number of alkyl halides is 2. The molecule has 1 atom stereocenters. The van der Waals surface area contributed by atoms with Crippen molar-refractivity contribution in [2.75, 3.05) is 13.6 Å². The minimum absolute atomic E-state index is 0.0960. The van der Waals surface area contributed by atoms with E-state index in [2.05, 4.69) is 0 Å². The summed E-state index contributed by atoms with van der Waals surface area (Å²) in [7, 11) is 1.82. The van der Waals surface area contributed by atoms with Crippen molar-refractivity contribution in [1.82, 2.24) is 4.90 Å². The van der Waals surface area contributed by atoms with Crippen molar-refractivity contribution in [2.24, 2.45) is 0 Å². The number of hydrogen-bond acceptors (Lipinski definition) is 1. The van der Waals surface area contributed by atoms with Crippen molar-refractivity contribution in [3.8, 4) is 0 Å². The summed E-state index contributed by atoms with van der Waals surface area (Å²) in [6, 6.07) is 5.48. The van der Waals surface area contributed by atoms with Crippen LogP contribution >= 0.6 is 0 Å². The predicted octanol–water partition coefficient (Wildman–Crippen LogP) is 3.23. The van der Waals surface area contributed by atoms with Crippen LogP contribution < -0.4 is 0 Å². The van der Waals surface area contributed by atoms with Gasteiger partial charge in [-0.25, -0.2) is 13.2 Å². The molecule has 1 heterocycles. The second-order valence-corrected chi connectivity index (χ2v) is 4.36. The molecule has 0 aliphatic carbocycles. The zero-order valence-electron chi connectivity index (χ0n) is 9.09. The van der Waals surface area contributed by atoms with E-state index >= 15 is 0 Å². The second kappa shape index (κ2) is 4.09. The van der Waals surface area contributed by atoms with Gasteiger partial charge < -0.3 is 0 Å². The van der Waals surface area contributed by atoms with Crippen molar-refractivity contribution >= 4 is 0 Å². The minimum Gasteiger partial charge on any atom is -0.299 e. The third kappa shape index (κ3) is 2.38. The van der Waals surface area contributed by atoms with Gasteiger partial charge in [-0.3, -0.25) is 4.90 Å². The summed E-state index contributed by atoms with van der Waals surface area (Å²) in [4.78, 5) is 1.89. The van der Waals surface area contributed by atoms with Gasteiger partial charge in [0, 0.05) is 25.4 Å². The van der Waals surface area contributed by atoms with Gasteiger partial charge in [0.2, 0.25) is 0 Å². The SMILES string of the molecule is CN1CCC(F)(F)C[C@@H]1c1ccc(F)cc1. The average Bonchev–Trinajstić information content (AvgIpc) is 2.23. The van der Waals surface area contributed by atoms with Crippen LogP contribution in [0.2, 0.25) is 0 Å². The molecule has 2 rings (SSSR count). The van der Waals surface area contributed by atoms with E-state index in [-0.39, 0.29) is 24.7 Å². The molecule has 1 saturated heterocycles. The molecule has 0 amide bonds. The van der Waals surface area contributed by atoms with E-state index in [4.69, 9.17) is 0 Å². The van der Waals surface area contributed by atoms with Crippen molar-refractivity contribution in [3.63, 3.8) is 0 Å². The normalized spacial score (nSPS) is 25.6. The van der Waals surface area contributed by atoms with Crippen LogP contribution in [0.15, 0.2) is 24.3 Å². The quantitative estimate of drug-likeness (QED) is 0.714. The summed E-state index contributed by atoms with van der Waals surface area (Å²) >= 11 is 0. The van der Waals surface area contributed by atoms with Crippen molar-refractivity contribution in [1.29, 1.82) is 0 Å². The molecule has 1 aliphatic rings.